The van der Waals surface area contributed by atoms with E-state index in [9.17, 15) is 4.79 Å². The molecule has 0 aromatic heterocycles. The molecule has 2 rings (SSSR count). The third-order valence-corrected chi connectivity index (χ3v) is 5.68. The molecule has 0 bridgehead atoms. The molecule has 1 aliphatic rings. The molecule has 8 heteroatoms. The molecular weight excluding hydrogens is 505 g/mol. The molecule has 1 fully saturated rings. The number of carbonyl (C=O) groups is 1. The second kappa shape index (κ2) is 13.8. The summed E-state index contributed by atoms with van der Waals surface area (Å²) in [5.41, 5.74) is 1.50. The second-order valence-corrected chi connectivity index (χ2v) is 8.78. The summed E-state index contributed by atoms with van der Waals surface area (Å²) >= 11 is 0. The zero-order valence-corrected chi connectivity index (χ0v) is 22.1. The van der Waals surface area contributed by atoms with Crippen molar-refractivity contribution in [2.45, 2.75) is 32.1 Å². The minimum Gasteiger partial charge on any atom is -0.497 e. The van der Waals surface area contributed by atoms with E-state index >= 15 is 0 Å². The van der Waals surface area contributed by atoms with Gasteiger partial charge in [-0.2, -0.15) is 0 Å². The Morgan fingerprint density at radius 1 is 1.10 bits per heavy atom. The van der Waals surface area contributed by atoms with E-state index in [0.29, 0.717) is 5.96 Å². The molecule has 1 amide bonds. The molecule has 31 heavy (non-hydrogen) atoms. The van der Waals surface area contributed by atoms with Crippen molar-refractivity contribution >= 4 is 35.8 Å². The van der Waals surface area contributed by atoms with E-state index in [1.807, 2.05) is 12.1 Å². The number of ether oxygens (including phenoxy) is 1. The Hall–Kier alpha value is -1.55. The number of guanidine groups is 1. The van der Waals surface area contributed by atoms with Crippen LogP contribution in [0.4, 0.5) is 0 Å². The van der Waals surface area contributed by atoms with E-state index in [4.69, 9.17) is 4.74 Å². The first-order valence-electron chi connectivity index (χ1n) is 10.8. The highest BCUT2D eigenvalue weighted by Gasteiger charge is 2.34. The van der Waals surface area contributed by atoms with Crippen molar-refractivity contribution in [3.63, 3.8) is 0 Å². The Labute approximate surface area is 205 Å². The summed E-state index contributed by atoms with van der Waals surface area (Å²) < 4.78 is 5.22. The zero-order valence-electron chi connectivity index (χ0n) is 19.7. The van der Waals surface area contributed by atoms with Gasteiger partial charge >= 0.3 is 0 Å². The summed E-state index contributed by atoms with van der Waals surface area (Å²) in [5.74, 6) is 1.57. The first-order chi connectivity index (χ1) is 14.3. The quantitative estimate of drug-likeness (QED) is 0.269. The number of methoxy groups -OCH3 is 1. The predicted octanol–water partition coefficient (Wildman–Crippen LogP) is 2.60. The minimum atomic E-state index is -0.00451. The van der Waals surface area contributed by atoms with Gasteiger partial charge in [-0.3, -0.25) is 4.79 Å². The number of nitrogens with one attached hydrogen (secondary N) is 2. The van der Waals surface area contributed by atoms with E-state index < -0.39 is 0 Å². The maximum Gasteiger partial charge on any atom is 0.243 e. The van der Waals surface area contributed by atoms with Crippen molar-refractivity contribution in [1.82, 2.24) is 20.4 Å². The average Bonchev–Trinajstić information content (AvgIpc) is 3.17. The van der Waals surface area contributed by atoms with Gasteiger partial charge in [0.05, 0.1) is 7.11 Å². The van der Waals surface area contributed by atoms with Gasteiger partial charge in [-0.15, -0.1) is 24.0 Å². The monoisotopic (exact) mass is 545 g/mol. The number of likely N-dealkylation sites (N-methyl/N-ethyl adjacent to an activating group) is 1. The third kappa shape index (κ3) is 9.64. The van der Waals surface area contributed by atoms with Gasteiger partial charge in [-0.05, 0) is 51.1 Å². The van der Waals surface area contributed by atoms with Crippen LogP contribution in [-0.2, 0) is 11.2 Å². The molecule has 1 aromatic rings. The fraction of sp³-hybridized carbons (Fsp3) is 0.652. The van der Waals surface area contributed by atoms with E-state index in [1.165, 1.54) is 31.2 Å². The zero-order chi connectivity index (χ0) is 22.0. The van der Waals surface area contributed by atoms with Gasteiger partial charge in [-0.25, -0.2) is 4.99 Å². The van der Waals surface area contributed by atoms with Crippen molar-refractivity contribution in [2.75, 3.05) is 61.5 Å². The first-order valence-corrected chi connectivity index (χ1v) is 10.8. The Morgan fingerprint density at radius 3 is 2.29 bits per heavy atom. The Balaban J connectivity index is 0.00000480. The highest BCUT2D eigenvalue weighted by molar-refractivity contribution is 14.0. The molecule has 0 saturated heterocycles. The van der Waals surface area contributed by atoms with Crippen molar-refractivity contribution in [3.05, 3.63) is 29.8 Å². The lowest BCUT2D eigenvalue weighted by Gasteiger charge is -2.33. The molecule has 0 unspecified atom stereocenters. The minimum absolute atomic E-state index is 0. The van der Waals surface area contributed by atoms with E-state index in [-0.39, 0.29) is 41.8 Å². The van der Waals surface area contributed by atoms with E-state index in [0.717, 1.165) is 31.8 Å². The maximum absolute atomic E-state index is 12.0. The number of carbonyl (C=O) groups excluding carboxylic acids is 1. The fourth-order valence-corrected chi connectivity index (χ4v) is 4.04. The number of benzene rings is 1. The van der Waals surface area contributed by atoms with Gasteiger partial charge in [0.2, 0.25) is 5.91 Å². The lowest BCUT2D eigenvalue weighted by molar-refractivity contribution is -0.127. The number of aliphatic imine (C=N–C) groups is 1. The van der Waals surface area contributed by atoms with Crippen LogP contribution in [0.1, 0.15) is 31.2 Å². The average molecular weight is 546 g/mol. The van der Waals surface area contributed by atoms with Crippen LogP contribution >= 0.6 is 24.0 Å². The molecule has 1 aromatic carbocycles. The molecule has 176 valence electrons. The van der Waals surface area contributed by atoms with Crippen molar-refractivity contribution in [1.29, 1.82) is 0 Å². The van der Waals surface area contributed by atoms with Crippen molar-refractivity contribution < 1.29 is 9.53 Å². The molecule has 0 aliphatic heterocycles. The van der Waals surface area contributed by atoms with Gasteiger partial charge in [0.1, 0.15) is 12.3 Å². The van der Waals surface area contributed by atoms with Gasteiger partial charge in [-0.1, -0.05) is 25.0 Å². The van der Waals surface area contributed by atoms with Crippen LogP contribution in [0.2, 0.25) is 0 Å². The number of rotatable bonds is 10. The van der Waals surface area contributed by atoms with Crippen LogP contribution in [0, 0.1) is 5.41 Å². The molecule has 0 heterocycles. The van der Waals surface area contributed by atoms with Crippen LogP contribution in [0.5, 0.6) is 5.75 Å². The van der Waals surface area contributed by atoms with E-state index in [2.05, 4.69) is 46.8 Å². The van der Waals surface area contributed by atoms with Crippen LogP contribution in [-0.4, -0.2) is 83.1 Å². The number of nitrogens with zero attached hydrogens (tertiary/aromatic N) is 3. The summed E-state index contributed by atoms with van der Waals surface area (Å²) in [5, 5.41) is 6.94. The third-order valence-electron chi connectivity index (χ3n) is 5.68. The van der Waals surface area contributed by atoms with Gasteiger partial charge in [0.25, 0.3) is 0 Å². The molecule has 7 nitrogen and oxygen atoms in total. The van der Waals surface area contributed by atoms with Crippen molar-refractivity contribution in [3.8, 4) is 5.75 Å². The highest BCUT2D eigenvalue weighted by atomic mass is 127. The first kappa shape index (κ1) is 27.5. The Kier molecular flexibility index (Phi) is 12.2. The number of hydrogen-bond donors (Lipinski definition) is 2. The largest absolute Gasteiger partial charge is 0.497 e. The lowest BCUT2D eigenvalue weighted by atomic mass is 9.85. The normalized spacial score (nSPS) is 15.4. The van der Waals surface area contributed by atoms with Crippen LogP contribution in [0.25, 0.3) is 0 Å². The molecule has 1 saturated carbocycles. The molecule has 0 spiro atoms. The van der Waals surface area contributed by atoms with Gasteiger partial charge < -0.3 is 25.2 Å². The molecular formula is C23H40IN5O2. The molecule has 0 atom stereocenters. The summed E-state index contributed by atoms with van der Waals surface area (Å²) in [7, 11) is 9.46. The lowest BCUT2D eigenvalue weighted by Crippen LogP contribution is -2.47. The standard InChI is InChI=1S/C23H39N5O2.HI/c1-27(2)18-23(13-6-7-14-23)17-26-22(25-16-21(29)28(3)4)24-15-12-19-8-10-20(30-5)11-9-19;/h8-11H,6-7,12-18H2,1-5H3,(H2,24,25,26);1H. The van der Waals surface area contributed by atoms with Gasteiger partial charge in [0.15, 0.2) is 5.96 Å². The summed E-state index contributed by atoms with van der Waals surface area (Å²) in [6.45, 7) is 2.83. The van der Waals surface area contributed by atoms with Gasteiger partial charge in [0, 0.05) is 39.1 Å². The molecule has 2 N–H and O–H groups in total. The summed E-state index contributed by atoms with van der Waals surface area (Å²) in [6.07, 6.45) is 5.90. The van der Waals surface area contributed by atoms with Crippen molar-refractivity contribution in [2.24, 2.45) is 10.4 Å². The number of hydrogen-bond acceptors (Lipinski definition) is 4. The Morgan fingerprint density at radius 2 is 1.74 bits per heavy atom. The summed E-state index contributed by atoms with van der Waals surface area (Å²) in [4.78, 5) is 20.4. The molecule has 1 aliphatic carbocycles. The highest BCUT2D eigenvalue weighted by Crippen LogP contribution is 2.37. The number of halogens is 1. The fourth-order valence-electron chi connectivity index (χ4n) is 4.04. The maximum atomic E-state index is 12.0. The van der Waals surface area contributed by atoms with Crippen LogP contribution in [0.15, 0.2) is 29.3 Å². The summed E-state index contributed by atoms with van der Waals surface area (Å²) in [6, 6.07) is 8.10. The predicted molar refractivity (Wildman–Crippen MR) is 139 cm³/mol. The van der Waals surface area contributed by atoms with Crippen LogP contribution in [0.3, 0.4) is 0 Å². The van der Waals surface area contributed by atoms with E-state index in [1.54, 1.807) is 26.1 Å². The SMILES string of the molecule is COc1ccc(CCNC(=NCC(=O)N(C)C)NCC2(CN(C)C)CCCC2)cc1.I. The van der Waals surface area contributed by atoms with Crippen LogP contribution < -0.4 is 15.4 Å². The Bertz CT molecular complexity index is 686. The molecule has 0 radical (unpaired) electrons. The second-order valence-electron chi connectivity index (χ2n) is 8.78. The number of amides is 1. The topological polar surface area (TPSA) is 69.2 Å². The smallest absolute Gasteiger partial charge is 0.243 e.